The smallest absolute Gasteiger partial charge is 0.183 e. The molecule has 0 saturated carbocycles. The van der Waals surface area contributed by atoms with Crippen LogP contribution < -0.4 is 9.47 Å². The van der Waals surface area contributed by atoms with Crippen molar-refractivity contribution in [1.29, 1.82) is 0 Å². The number of nitrogens with zero attached hydrogens (tertiary/aromatic N) is 2. The fraction of sp³-hybridized carbons (Fsp3) is 0.643. The first kappa shape index (κ1) is 16.2. The normalized spacial score (nSPS) is 10.8. The zero-order valence-corrected chi connectivity index (χ0v) is 13.6. The molecule has 0 unspecified atom stereocenters. The summed E-state index contributed by atoms with van der Waals surface area (Å²) >= 11 is 3.45. The Morgan fingerprint density at radius 3 is 2.63 bits per heavy atom. The molecule has 4 nitrogen and oxygen atoms in total. The van der Waals surface area contributed by atoms with E-state index >= 15 is 0 Å². The van der Waals surface area contributed by atoms with Gasteiger partial charge in [0.15, 0.2) is 11.5 Å². The number of hydrogen-bond donors (Lipinski definition) is 0. The average Bonchev–Trinajstić information content (AvgIpc) is 2.43. The zero-order chi connectivity index (χ0) is 14.1. The number of methoxy groups -OCH3 is 2. The number of ether oxygens (including phenoxy) is 2. The Morgan fingerprint density at radius 2 is 2.00 bits per heavy atom. The molecule has 5 heteroatoms. The van der Waals surface area contributed by atoms with Gasteiger partial charge in [0.1, 0.15) is 5.69 Å². The van der Waals surface area contributed by atoms with E-state index in [-0.39, 0.29) is 0 Å². The number of alkyl halides is 1. The maximum absolute atomic E-state index is 5.39. The third-order valence-corrected chi connectivity index (χ3v) is 3.52. The van der Waals surface area contributed by atoms with Gasteiger partial charge in [-0.25, -0.2) is 0 Å². The third-order valence-electron chi connectivity index (χ3n) is 2.96. The molecule has 0 spiro atoms. The molecule has 0 amide bonds. The molecule has 0 atom stereocenters. The second kappa shape index (κ2) is 9.15. The minimum absolute atomic E-state index is 0.734. The van der Waals surface area contributed by atoms with Crippen molar-refractivity contribution < 1.29 is 9.47 Å². The molecule has 0 aliphatic heterocycles. The summed E-state index contributed by atoms with van der Waals surface area (Å²) in [5.41, 5.74) is 0.921. The van der Waals surface area contributed by atoms with Gasteiger partial charge in [-0.05, 0) is 26.4 Å². The Bertz CT molecular complexity index is 374. The van der Waals surface area contributed by atoms with E-state index in [0.717, 1.165) is 35.6 Å². The first-order chi connectivity index (χ1) is 9.22. The molecule has 1 heterocycles. The highest BCUT2D eigenvalue weighted by Gasteiger charge is 2.12. The number of halogens is 1. The standard InChI is InChI=1S/C14H23BrN2O2/c1-17(10-6-4-5-8-15)11-12-14(19-3)13(18-2)7-9-16-12/h7,9H,4-6,8,10-11H2,1-3H3. The van der Waals surface area contributed by atoms with Crippen molar-refractivity contribution in [3.05, 3.63) is 18.0 Å². The van der Waals surface area contributed by atoms with E-state index < -0.39 is 0 Å². The van der Waals surface area contributed by atoms with Gasteiger partial charge in [0.25, 0.3) is 0 Å². The lowest BCUT2D eigenvalue weighted by molar-refractivity contribution is 0.298. The second-order valence-corrected chi connectivity index (χ2v) is 5.27. The van der Waals surface area contributed by atoms with E-state index in [0.29, 0.717) is 0 Å². The van der Waals surface area contributed by atoms with E-state index in [2.05, 4.69) is 32.9 Å². The molecule has 0 aliphatic carbocycles. The Hall–Kier alpha value is -0.810. The predicted molar refractivity (Wildman–Crippen MR) is 81.3 cm³/mol. The van der Waals surface area contributed by atoms with Crippen LogP contribution in [0.2, 0.25) is 0 Å². The highest BCUT2D eigenvalue weighted by atomic mass is 79.9. The SMILES string of the molecule is COc1ccnc(CN(C)CCCCCBr)c1OC. The lowest BCUT2D eigenvalue weighted by atomic mass is 10.2. The fourth-order valence-electron chi connectivity index (χ4n) is 1.95. The fourth-order valence-corrected chi connectivity index (χ4v) is 2.35. The molecule has 0 fully saturated rings. The highest BCUT2D eigenvalue weighted by Crippen LogP contribution is 2.29. The van der Waals surface area contributed by atoms with E-state index in [1.54, 1.807) is 20.4 Å². The lowest BCUT2D eigenvalue weighted by Crippen LogP contribution is -2.20. The van der Waals surface area contributed by atoms with Gasteiger partial charge in [-0.15, -0.1) is 0 Å². The van der Waals surface area contributed by atoms with Gasteiger partial charge in [0, 0.05) is 24.1 Å². The van der Waals surface area contributed by atoms with E-state index in [4.69, 9.17) is 9.47 Å². The van der Waals surface area contributed by atoms with Crippen molar-refractivity contribution in [3.8, 4) is 11.5 Å². The van der Waals surface area contributed by atoms with E-state index in [1.165, 1.54) is 19.3 Å². The molecule has 1 aromatic heterocycles. The quantitative estimate of drug-likeness (QED) is 0.514. The summed E-state index contributed by atoms with van der Waals surface area (Å²) in [6, 6.07) is 1.82. The molecule has 0 saturated heterocycles. The van der Waals surface area contributed by atoms with Gasteiger partial charge < -0.3 is 14.4 Å². The van der Waals surface area contributed by atoms with Crippen LogP contribution in [0.3, 0.4) is 0 Å². The van der Waals surface area contributed by atoms with Crippen molar-refractivity contribution in [2.24, 2.45) is 0 Å². The summed E-state index contributed by atoms with van der Waals surface area (Å²) in [6.07, 6.45) is 5.44. The van der Waals surface area contributed by atoms with Gasteiger partial charge in [-0.2, -0.15) is 0 Å². The predicted octanol–water partition coefficient (Wildman–Crippen LogP) is 3.10. The van der Waals surface area contributed by atoms with Gasteiger partial charge in [-0.3, -0.25) is 4.98 Å². The Balaban J connectivity index is 2.56. The van der Waals surface area contributed by atoms with E-state index in [9.17, 15) is 0 Å². The topological polar surface area (TPSA) is 34.6 Å². The van der Waals surface area contributed by atoms with Crippen LogP contribution in [0.1, 0.15) is 25.0 Å². The van der Waals surface area contributed by atoms with Gasteiger partial charge >= 0.3 is 0 Å². The van der Waals surface area contributed by atoms with Crippen LogP contribution in [0.5, 0.6) is 11.5 Å². The lowest BCUT2D eigenvalue weighted by Gasteiger charge is -2.18. The maximum atomic E-state index is 5.39. The monoisotopic (exact) mass is 330 g/mol. The van der Waals surface area contributed by atoms with Gasteiger partial charge in [-0.1, -0.05) is 22.4 Å². The highest BCUT2D eigenvalue weighted by molar-refractivity contribution is 9.09. The summed E-state index contributed by atoms with van der Waals surface area (Å²) in [6.45, 7) is 1.84. The molecule has 0 aliphatic rings. The van der Waals surface area contributed by atoms with Crippen LogP contribution in [0, 0.1) is 0 Å². The Kier molecular flexibility index (Phi) is 7.82. The first-order valence-electron chi connectivity index (χ1n) is 6.53. The molecule has 1 rings (SSSR count). The molecule has 0 N–H and O–H groups in total. The average molecular weight is 331 g/mol. The number of aromatic nitrogens is 1. The molecule has 0 aromatic carbocycles. The van der Waals surface area contributed by atoms with Crippen molar-refractivity contribution in [1.82, 2.24) is 9.88 Å². The van der Waals surface area contributed by atoms with Crippen LogP contribution >= 0.6 is 15.9 Å². The molecule has 108 valence electrons. The van der Waals surface area contributed by atoms with Crippen LogP contribution in [0.4, 0.5) is 0 Å². The van der Waals surface area contributed by atoms with E-state index in [1.807, 2.05) is 6.07 Å². The number of unbranched alkanes of at least 4 members (excludes halogenated alkanes) is 2. The largest absolute Gasteiger partial charge is 0.493 e. The molecule has 19 heavy (non-hydrogen) atoms. The number of pyridine rings is 1. The number of hydrogen-bond acceptors (Lipinski definition) is 4. The third kappa shape index (κ3) is 5.37. The summed E-state index contributed by atoms with van der Waals surface area (Å²) in [5.74, 6) is 1.47. The van der Waals surface area contributed by atoms with Crippen LogP contribution in [0.25, 0.3) is 0 Å². The van der Waals surface area contributed by atoms with Crippen molar-refractivity contribution in [2.45, 2.75) is 25.8 Å². The summed E-state index contributed by atoms with van der Waals surface area (Å²) in [7, 11) is 5.40. The number of rotatable bonds is 9. The van der Waals surface area contributed by atoms with Gasteiger partial charge in [0.2, 0.25) is 0 Å². The Labute approximate surface area is 124 Å². The van der Waals surface area contributed by atoms with Crippen LogP contribution in [0.15, 0.2) is 12.3 Å². The second-order valence-electron chi connectivity index (χ2n) is 4.48. The minimum Gasteiger partial charge on any atom is -0.493 e. The molecular formula is C14H23BrN2O2. The molecule has 0 bridgehead atoms. The summed E-state index contributed by atoms with van der Waals surface area (Å²) < 4.78 is 10.7. The molecular weight excluding hydrogens is 308 g/mol. The van der Waals surface area contributed by atoms with Gasteiger partial charge in [0.05, 0.1) is 14.2 Å². The molecule has 0 radical (unpaired) electrons. The van der Waals surface area contributed by atoms with Crippen LogP contribution in [-0.4, -0.2) is 43.0 Å². The summed E-state index contributed by atoms with van der Waals surface area (Å²) in [5, 5.41) is 1.09. The summed E-state index contributed by atoms with van der Waals surface area (Å²) in [4.78, 5) is 6.65. The zero-order valence-electron chi connectivity index (χ0n) is 12.0. The maximum Gasteiger partial charge on any atom is 0.183 e. The Morgan fingerprint density at radius 1 is 1.21 bits per heavy atom. The van der Waals surface area contributed by atoms with Crippen molar-refractivity contribution in [2.75, 3.05) is 33.1 Å². The van der Waals surface area contributed by atoms with Crippen molar-refractivity contribution in [3.63, 3.8) is 0 Å². The van der Waals surface area contributed by atoms with Crippen molar-refractivity contribution >= 4 is 15.9 Å². The first-order valence-corrected chi connectivity index (χ1v) is 7.65. The minimum atomic E-state index is 0.734. The van der Waals surface area contributed by atoms with Crippen LogP contribution in [-0.2, 0) is 6.54 Å². The molecule has 1 aromatic rings.